The van der Waals surface area contributed by atoms with E-state index in [2.05, 4.69) is 0 Å². The first-order valence-electron chi connectivity index (χ1n) is 10.1. The van der Waals surface area contributed by atoms with Crippen molar-refractivity contribution in [2.45, 2.75) is 13.0 Å². The predicted molar refractivity (Wildman–Crippen MR) is 127 cm³/mol. The lowest BCUT2D eigenvalue weighted by atomic mass is 9.95. The summed E-state index contributed by atoms with van der Waals surface area (Å²) in [6.45, 7) is 2.34. The van der Waals surface area contributed by atoms with Crippen LogP contribution >= 0.6 is 23.2 Å². The Morgan fingerprint density at radius 3 is 2.15 bits per heavy atom. The number of Topliss-reactive ketones (excluding diaryl/α,β-unsaturated/α-hetero) is 1. The molecular weight excluding hydrogens is 465 g/mol. The molecule has 1 fully saturated rings. The molecule has 1 unspecified atom stereocenters. The molecule has 1 aliphatic heterocycles. The molecule has 3 aromatic rings. The van der Waals surface area contributed by atoms with E-state index in [0.717, 1.165) is 0 Å². The summed E-state index contributed by atoms with van der Waals surface area (Å²) >= 11 is 12.3. The van der Waals surface area contributed by atoms with Crippen LogP contribution in [0.2, 0.25) is 10.0 Å². The van der Waals surface area contributed by atoms with E-state index in [0.29, 0.717) is 29.2 Å². The van der Waals surface area contributed by atoms with Gasteiger partial charge in [-0.2, -0.15) is 0 Å². The van der Waals surface area contributed by atoms with Crippen LogP contribution in [0.25, 0.3) is 5.76 Å². The molecule has 6 nitrogen and oxygen atoms in total. The number of carbonyl (C=O) groups is 2. The summed E-state index contributed by atoms with van der Waals surface area (Å²) < 4.78 is 5.43. The minimum absolute atomic E-state index is 0.0213. The number of anilines is 1. The molecule has 0 radical (unpaired) electrons. The summed E-state index contributed by atoms with van der Waals surface area (Å²) in [5.41, 5.74) is 1.07. The lowest BCUT2D eigenvalue weighted by molar-refractivity contribution is -0.132. The molecule has 1 aliphatic rings. The molecular formula is C25H19Cl2NO5. The first-order valence-corrected chi connectivity index (χ1v) is 10.8. The van der Waals surface area contributed by atoms with Crippen LogP contribution in [-0.2, 0) is 9.59 Å². The number of halogens is 2. The van der Waals surface area contributed by atoms with Crippen molar-refractivity contribution in [3.05, 3.63) is 93.5 Å². The smallest absolute Gasteiger partial charge is 0.300 e. The number of carbonyl (C=O) groups excluding carboxylic acids is 2. The van der Waals surface area contributed by atoms with E-state index >= 15 is 0 Å². The number of hydrogen-bond donors (Lipinski definition) is 2. The quantitative estimate of drug-likeness (QED) is 0.275. The van der Waals surface area contributed by atoms with E-state index in [1.54, 1.807) is 36.4 Å². The van der Waals surface area contributed by atoms with Gasteiger partial charge in [0.2, 0.25) is 0 Å². The molecule has 0 bridgehead atoms. The van der Waals surface area contributed by atoms with Crippen LogP contribution in [0.5, 0.6) is 11.5 Å². The fourth-order valence-corrected chi connectivity index (χ4v) is 4.29. The number of hydrogen-bond acceptors (Lipinski definition) is 5. The Kier molecular flexibility index (Phi) is 6.31. The highest BCUT2D eigenvalue weighted by Crippen LogP contribution is 2.43. The normalized spacial score (nSPS) is 17.4. The number of ketones is 1. The lowest BCUT2D eigenvalue weighted by Crippen LogP contribution is -2.29. The number of aliphatic hydroxyl groups is 1. The topological polar surface area (TPSA) is 87.1 Å². The van der Waals surface area contributed by atoms with Gasteiger partial charge in [-0.05, 0) is 67.1 Å². The number of nitrogens with zero attached hydrogens (tertiary/aromatic N) is 1. The van der Waals surface area contributed by atoms with Gasteiger partial charge in [0.05, 0.1) is 18.2 Å². The van der Waals surface area contributed by atoms with Gasteiger partial charge in [0, 0.05) is 21.3 Å². The number of ether oxygens (including phenoxy) is 1. The van der Waals surface area contributed by atoms with Gasteiger partial charge < -0.3 is 14.9 Å². The van der Waals surface area contributed by atoms with Crippen molar-refractivity contribution in [2.24, 2.45) is 0 Å². The highest BCUT2D eigenvalue weighted by molar-refractivity contribution is 6.52. The molecule has 168 valence electrons. The number of rotatable bonds is 5. The summed E-state index contributed by atoms with van der Waals surface area (Å²) in [6.07, 6.45) is 0. The molecule has 0 saturated carbocycles. The van der Waals surface area contributed by atoms with Gasteiger partial charge in [-0.25, -0.2) is 0 Å². The van der Waals surface area contributed by atoms with Gasteiger partial charge in [-0.1, -0.05) is 35.3 Å². The molecule has 33 heavy (non-hydrogen) atoms. The number of aliphatic hydroxyl groups excluding tert-OH is 1. The lowest BCUT2D eigenvalue weighted by Gasteiger charge is -2.26. The Morgan fingerprint density at radius 1 is 0.970 bits per heavy atom. The summed E-state index contributed by atoms with van der Waals surface area (Å²) in [7, 11) is 0. The molecule has 0 aliphatic carbocycles. The van der Waals surface area contributed by atoms with Crippen LogP contribution in [0.4, 0.5) is 5.69 Å². The molecule has 3 aromatic carbocycles. The van der Waals surface area contributed by atoms with Gasteiger partial charge >= 0.3 is 0 Å². The zero-order valence-electron chi connectivity index (χ0n) is 17.5. The van der Waals surface area contributed by atoms with Crippen molar-refractivity contribution < 1.29 is 24.5 Å². The van der Waals surface area contributed by atoms with E-state index in [-0.39, 0.29) is 27.1 Å². The Morgan fingerprint density at radius 2 is 1.58 bits per heavy atom. The van der Waals surface area contributed by atoms with Crippen molar-refractivity contribution >= 4 is 46.3 Å². The Labute approximate surface area is 200 Å². The fraction of sp³-hybridized carbons (Fsp3) is 0.120. The predicted octanol–water partition coefficient (Wildman–Crippen LogP) is 5.72. The summed E-state index contributed by atoms with van der Waals surface area (Å²) in [4.78, 5) is 27.5. The van der Waals surface area contributed by atoms with Crippen LogP contribution in [0.3, 0.4) is 0 Å². The standard InChI is InChI=1S/C25H19Cl2NO5/c1-2-33-20-9-5-15(6-10-20)23(30)21-22(14-3-7-19(29)8-4-14)28(25(32)24(21)31)18-12-16(26)11-17(27)13-18/h3-13,22,29-30H,2H2,1H3/b23-21+. The Bertz CT molecular complexity index is 1230. The van der Waals surface area contributed by atoms with Crippen molar-refractivity contribution in [2.75, 3.05) is 11.5 Å². The zero-order valence-corrected chi connectivity index (χ0v) is 19.0. The van der Waals surface area contributed by atoms with Gasteiger partial charge in [0.15, 0.2) is 0 Å². The number of amides is 1. The Balaban J connectivity index is 1.90. The van der Waals surface area contributed by atoms with E-state index in [1.165, 1.54) is 35.2 Å². The monoisotopic (exact) mass is 483 g/mol. The average molecular weight is 484 g/mol. The second-order valence-electron chi connectivity index (χ2n) is 7.35. The third-order valence-corrected chi connectivity index (χ3v) is 5.65. The fourth-order valence-electron chi connectivity index (χ4n) is 3.78. The molecule has 0 aromatic heterocycles. The maximum atomic E-state index is 13.1. The molecule has 1 atom stereocenters. The molecule has 0 spiro atoms. The maximum Gasteiger partial charge on any atom is 0.300 e. The van der Waals surface area contributed by atoms with Crippen molar-refractivity contribution in [3.8, 4) is 11.5 Å². The number of aromatic hydroxyl groups is 1. The number of phenols is 1. The molecule has 2 N–H and O–H groups in total. The van der Waals surface area contributed by atoms with Crippen LogP contribution in [0.1, 0.15) is 24.1 Å². The summed E-state index contributed by atoms with van der Waals surface area (Å²) in [5.74, 6) is -1.38. The van der Waals surface area contributed by atoms with Crippen molar-refractivity contribution in [1.82, 2.24) is 0 Å². The highest BCUT2D eigenvalue weighted by Gasteiger charge is 2.47. The van der Waals surface area contributed by atoms with Gasteiger partial charge in [-0.3, -0.25) is 14.5 Å². The molecule has 1 heterocycles. The third-order valence-electron chi connectivity index (χ3n) is 5.22. The largest absolute Gasteiger partial charge is 0.508 e. The summed E-state index contributed by atoms with van der Waals surface area (Å²) in [6, 6.07) is 16.2. The van der Waals surface area contributed by atoms with Crippen LogP contribution in [0.15, 0.2) is 72.3 Å². The first kappa shape index (κ1) is 22.7. The SMILES string of the molecule is CCOc1ccc(/C(O)=C2\C(=O)C(=O)N(c3cc(Cl)cc(Cl)c3)C2c2ccc(O)cc2)cc1. The van der Waals surface area contributed by atoms with Crippen molar-refractivity contribution in [1.29, 1.82) is 0 Å². The second-order valence-corrected chi connectivity index (χ2v) is 8.22. The molecule has 1 saturated heterocycles. The highest BCUT2D eigenvalue weighted by atomic mass is 35.5. The first-order chi connectivity index (χ1) is 15.8. The zero-order chi connectivity index (χ0) is 23.7. The van der Waals surface area contributed by atoms with E-state index in [9.17, 15) is 19.8 Å². The number of phenolic OH excluding ortho intramolecular Hbond substituents is 1. The van der Waals surface area contributed by atoms with E-state index in [1.807, 2.05) is 6.92 Å². The van der Waals surface area contributed by atoms with E-state index < -0.39 is 17.7 Å². The minimum atomic E-state index is -0.966. The average Bonchev–Trinajstić information content (AvgIpc) is 3.04. The third kappa shape index (κ3) is 4.40. The maximum absolute atomic E-state index is 13.1. The second kappa shape index (κ2) is 9.17. The minimum Gasteiger partial charge on any atom is -0.508 e. The van der Waals surface area contributed by atoms with E-state index in [4.69, 9.17) is 27.9 Å². The Hall–Kier alpha value is -3.48. The molecule has 8 heteroatoms. The van der Waals surface area contributed by atoms with Gasteiger partial charge in [-0.15, -0.1) is 0 Å². The van der Waals surface area contributed by atoms with Crippen LogP contribution in [-0.4, -0.2) is 28.5 Å². The van der Waals surface area contributed by atoms with Crippen LogP contribution < -0.4 is 9.64 Å². The molecule has 1 amide bonds. The van der Waals surface area contributed by atoms with Gasteiger partial charge in [0.25, 0.3) is 11.7 Å². The van der Waals surface area contributed by atoms with Crippen LogP contribution in [0, 0.1) is 0 Å². The number of benzene rings is 3. The summed E-state index contributed by atoms with van der Waals surface area (Å²) in [5, 5.41) is 21.4. The van der Waals surface area contributed by atoms with Crippen molar-refractivity contribution in [3.63, 3.8) is 0 Å². The molecule has 4 rings (SSSR count). The van der Waals surface area contributed by atoms with Gasteiger partial charge in [0.1, 0.15) is 17.3 Å².